The maximum Gasteiger partial charge on any atom is 0.268 e. The lowest BCUT2D eigenvalue weighted by Crippen LogP contribution is -2.32. The van der Waals surface area contributed by atoms with Crippen molar-refractivity contribution in [3.63, 3.8) is 0 Å². The van der Waals surface area contributed by atoms with Crippen molar-refractivity contribution in [2.24, 2.45) is 0 Å². The van der Waals surface area contributed by atoms with E-state index in [9.17, 15) is 18.0 Å². The summed E-state index contributed by atoms with van der Waals surface area (Å²) in [4.78, 5) is 26.7. The minimum absolute atomic E-state index is 0.0260. The van der Waals surface area contributed by atoms with Gasteiger partial charge in [0.1, 0.15) is 0 Å². The molecule has 1 heterocycles. The summed E-state index contributed by atoms with van der Waals surface area (Å²) in [6.45, 7) is 4.64. The summed E-state index contributed by atoms with van der Waals surface area (Å²) in [6, 6.07) is 13.3. The van der Waals surface area contributed by atoms with Crippen LogP contribution in [0.3, 0.4) is 0 Å². The molecule has 8 nitrogen and oxygen atoms in total. The molecule has 9 heteroatoms. The minimum Gasteiger partial charge on any atom is -0.355 e. The van der Waals surface area contributed by atoms with Crippen LogP contribution in [-0.2, 0) is 26.0 Å². The number of nitrogens with one attached hydrogen (secondary N) is 2. The van der Waals surface area contributed by atoms with Crippen molar-refractivity contribution < 1.29 is 18.0 Å². The van der Waals surface area contributed by atoms with Crippen molar-refractivity contribution in [3.05, 3.63) is 59.8 Å². The Morgan fingerprint density at radius 1 is 1.03 bits per heavy atom. The van der Waals surface area contributed by atoms with Crippen LogP contribution in [-0.4, -0.2) is 56.3 Å². The number of fused-ring (bicyclic) bond motifs is 1. The number of hydrogen-bond donors (Lipinski definition) is 2. The normalized spacial score (nSPS) is 11.7. The number of amides is 2. The van der Waals surface area contributed by atoms with E-state index in [2.05, 4.69) is 10.6 Å². The molecule has 176 valence electrons. The molecule has 0 spiro atoms. The van der Waals surface area contributed by atoms with Gasteiger partial charge in [-0.15, -0.1) is 0 Å². The van der Waals surface area contributed by atoms with Crippen LogP contribution in [0.2, 0.25) is 0 Å². The Hall–Kier alpha value is -3.17. The lowest BCUT2D eigenvalue weighted by molar-refractivity contribution is -0.120. The molecule has 0 aliphatic heterocycles. The monoisotopic (exact) mass is 470 g/mol. The summed E-state index contributed by atoms with van der Waals surface area (Å²) in [5, 5.41) is 6.30. The lowest BCUT2D eigenvalue weighted by Gasteiger charge is -2.11. The van der Waals surface area contributed by atoms with Gasteiger partial charge in [0, 0.05) is 36.3 Å². The zero-order valence-electron chi connectivity index (χ0n) is 19.4. The standard InChI is InChI=1S/C24H30N4O4S/c1-5-23(29)26-18-11-12-22-21(15-18)20(16-24(30)25-13-14-27(3)4)17(2)28(22)33(31,32)19-9-7-6-8-10-19/h6-12,15H,5,13-14,16H2,1-4H3,(H,25,30)(H,26,29). The van der Waals surface area contributed by atoms with E-state index >= 15 is 0 Å². The third-order valence-electron chi connectivity index (χ3n) is 5.39. The number of anilines is 1. The molecule has 0 bridgehead atoms. The summed E-state index contributed by atoms with van der Waals surface area (Å²) < 4.78 is 28.3. The minimum atomic E-state index is -3.89. The molecule has 0 atom stereocenters. The van der Waals surface area contributed by atoms with Gasteiger partial charge < -0.3 is 15.5 Å². The summed E-state index contributed by atoms with van der Waals surface area (Å²) in [6.07, 6.45) is 0.347. The van der Waals surface area contributed by atoms with E-state index in [0.29, 0.717) is 47.4 Å². The number of benzene rings is 2. The SMILES string of the molecule is CCC(=O)Nc1ccc2c(c1)c(CC(=O)NCCN(C)C)c(C)n2S(=O)(=O)c1ccccc1. The fourth-order valence-corrected chi connectivity index (χ4v) is 5.25. The van der Waals surface area contributed by atoms with Crippen LogP contribution in [0, 0.1) is 6.92 Å². The van der Waals surface area contributed by atoms with Gasteiger partial charge in [0.2, 0.25) is 11.8 Å². The highest BCUT2D eigenvalue weighted by atomic mass is 32.2. The maximum absolute atomic E-state index is 13.5. The Kier molecular flexibility index (Phi) is 7.55. The molecule has 2 amide bonds. The number of aromatic nitrogens is 1. The van der Waals surface area contributed by atoms with E-state index in [4.69, 9.17) is 0 Å². The van der Waals surface area contributed by atoms with Crippen LogP contribution < -0.4 is 10.6 Å². The van der Waals surface area contributed by atoms with Gasteiger partial charge in [-0.05, 0) is 56.9 Å². The summed E-state index contributed by atoms with van der Waals surface area (Å²) in [7, 11) is -0.0468. The largest absolute Gasteiger partial charge is 0.355 e. The van der Waals surface area contributed by atoms with Crippen LogP contribution in [0.1, 0.15) is 24.6 Å². The molecule has 0 aliphatic rings. The molecular formula is C24H30N4O4S. The number of carbonyl (C=O) groups excluding carboxylic acids is 2. The van der Waals surface area contributed by atoms with E-state index in [0.717, 1.165) is 0 Å². The molecule has 0 saturated heterocycles. The van der Waals surface area contributed by atoms with Crippen molar-refractivity contribution in [3.8, 4) is 0 Å². The Labute approximate surface area is 194 Å². The molecule has 3 rings (SSSR count). The van der Waals surface area contributed by atoms with E-state index in [1.165, 1.54) is 3.97 Å². The second kappa shape index (κ2) is 10.2. The molecule has 0 saturated carbocycles. The van der Waals surface area contributed by atoms with Crippen LogP contribution in [0.5, 0.6) is 0 Å². The number of nitrogens with zero attached hydrogens (tertiary/aromatic N) is 2. The third kappa shape index (κ3) is 5.43. The quantitative estimate of drug-likeness (QED) is 0.501. The van der Waals surface area contributed by atoms with Crippen LogP contribution in [0.25, 0.3) is 10.9 Å². The maximum atomic E-state index is 13.5. The smallest absolute Gasteiger partial charge is 0.268 e. The summed E-state index contributed by atoms with van der Waals surface area (Å²) >= 11 is 0. The first-order valence-electron chi connectivity index (χ1n) is 10.8. The first-order chi connectivity index (χ1) is 15.6. The molecule has 0 unspecified atom stereocenters. The lowest BCUT2D eigenvalue weighted by atomic mass is 10.1. The topological polar surface area (TPSA) is 101 Å². The van der Waals surface area contributed by atoms with Gasteiger partial charge in [-0.3, -0.25) is 9.59 Å². The average Bonchev–Trinajstić information content (AvgIpc) is 3.05. The van der Waals surface area contributed by atoms with Crippen molar-refractivity contribution in [1.29, 1.82) is 0 Å². The molecular weight excluding hydrogens is 440 g/mol. The Morgan fingerprint density at radius 3 is 2.36 bits per heavy atom. The average molecular weight is 471 g/mol. The summed E-state index contributed by atoms with van der Waals surface area (Å²) in [5.41, 5.74) is 2.09. The van der Waals surface area contributed by atoms with Crippen LogP contribution in [0.15, 0.2) is 53.4 Å². The van der Waals surface area contributed by atoms with Gasteiger partial charge in [0.15, 0.2) is 0 Å². The van der Waals surface area contributed by atoms with Gasteiger partial charge in [-0.1, -0.05) is 25.1 Å². The molecule has 33 heavy (non-hydrogen) atoms. The highest BCUT2D eigenvalue weighted by molar-refractivity contribution is 7.90. The van der Waals surface area contributed by atoms with E-state index in [1.807, 2.05) is 19.0 Å². The second-order valence-corrected chi connectivity index (χ2v) is 9.90. The van der Waals surface area contributed by atoms with E-state index in [1.54, 1.807) is 62.4 Å². The number of rotatable bonds is 9. The summed E-state index contributed by atoms with van der Waals surface area (Å²) in [5.74, 6) is -0.343. The molecule has 0 radical (unpaired) electrons. The predicted molar refractivity (Wildman–Crippen MR) is 130 cm³/mol. The van der Waals surface area contributed by atoms with Crippen molar-refractivity contribution in [1.82, 2.24) is 14.2 Å². The Morgan fingerprint density at radius 2 is 1.73 bits per heavy atom. The van der Waals surface area contributed by atoms with Crippen LogP contribution >= 0.6 is 0 Å². The molecule has 0 aliphatic carbocycles. The van der Waals surface area contributed by atoms with Crippen molar-refractivity contribution in [2.75, 3.05) is 32.5 Å². The first-order valence-corrected chi connectivity index (χ1v) is 12.2. The van der Waals surface area contributed by atoms with Gasteiger partial charge in [0.25, 0.3) is 10.0 Å². The van der Waals surface area contributed by atoms with Gasteiger partial charge in [-0.2, -0.15) is 0 Å². The zero-order chi connectivity index (χ0) is 24.2. The molecule has 2 N–H and O–H groups in total. The van der Waals surface area contributed by atoms with Gasteiger partial charge in [-0.25, -0.2) is 12.4 Å². The van der Waals surface area contributed by atoms with Gasteiger partial charge in [0.05, 0.1) is 16.8 Å². The first kappa shape index (κ1) is 24.5. The second-order valence-electron chi connectivity index (χ2n) is 8.11. The van der Waals surface area contributed by atoms with E-state index < -0.39 is 10.0 Å². The highest BCUT2D eigenvalue weighted by Crippen LogP contribution is 2.32. The van der Waals surface area contributed by atoms with Crippen LogP contribution in [0.4, 0.5) is 5.69 Å². The fraction of sp³-hybridized carbons (Fsp3) is 0.333. The van der Waals surface area contributed by atoms with Crippen molar-refractivity contribution in [2.45, 2.75) is 31.6 Å². The highest BCUT2D eigenvalue weighted by Gasteiger charge is 2.26. The fourth-order valence-electron chi connectivity index (χ4n) is 3.65. The van der Waals surface area contributed by atoms with Crippen molar-refractivity contribution >= 4 is 38.4 Å². The zero-order valence-corrected chi connectivity index (χ0v) is 20.2. The number of hydrogen-bond acceptors (Lipinski definition) is 5. The molecule has 2 aromatic carbocycles. The number of likely N-dealkylation sites (N-methyl/N-ethyl adjacent to an activating group) is 1. The predicted octanol–water partition coefficient (Wildman–Crippen LogP) is 2.76. The molecule has 3 aromatic rings. The molecule has 0 fully saturated rings. The van der Waals surface area contributed by atoms with E-state index in [-0.39, 0.29) is 23.1 Å². The molecule has 1 aromatic heterocycles. The third-order valence-corrected chi connectivity index (χ3v) is 7.21. The number of carbonyl (C=O) groups is 2. The van der Waals surface area contributed by atoms with Gasteiger partial charge >= 0.3 is 0 Å². The Bertz CT molecular complexity index is 1260. The Balaban J connectivity index is 2.11.